The first kappa shape index (κ1) is 87.9. The number of carboxylic acids is 1. The summed E-state index contributed by atoms with van der Waals surface area (Å²) in [6.45, 7) is 2.26. The third kappa shape index (κ3) is 34.6. The van der Waals surface area contributed by atoms with Crippen LogP contribution in [-0.4, -0.2) is 215 Å². The van der Waals surface area contributed by atoms with E-state index in [2.05, 4.69) is 24.5 Å². The Morgan fingerprint density at radius 1 is 0.500 bits per heavy atom. The third-order valence-corrected chi connectivity index (χ3v) is 19.8. The van der Waals surface area contributed by atoms with Crippen molar-refractivity contribution in [3.8, 4) is 0 Å². The molecule has 0 aromatic heterocycles. The maximum absolute atomic E-state index is 13.5. The Hall–Kier alpha value is -2.27. The van der Waals surface area contributed by atoms with Crippen molar-refractivity contribution in [1.82, 2.24) is 10.6 Å². The smallest absolute Gasteiger partial charge is 0.364 e. The molecular formula is C73H138N2O21. The maximum atomic E-state index is 13.5. The molecule has 0 spiro atoms. The number of hydrogen-bond acceptors (Lipinski definition) is 20. The number of carbonyl (C=O) groups is 3. The average molecular weight is 1380 g/mol. The molecule has 3 saturated heterocycles. The molecule has 3 heterocycles. The molecule has 18 atom stereocenters. The monoisotopic (exact) mass is 1380 g/mol. The highest BCUT2D eigenvalue weighted by atomic mass is 16.8. The summed E-state index contributed by atoms with van der Waals surface area (Å²) < 4.78 is 34.9. The highest BCUT2D eigenvalue weighted by Crippen LogP contribution is 2.39. The second kappa shape index (κ2) is 53.5. The SMILES string of the molecule is CCCCCCCCCCCCCCCCCCCCCCCC(=O)NC(COC1OC(CO)C(OC2OC(CO)C(O)C(OC3(C(=O)O)CC(O)C(NC(C)=O)C(C(O)C(O)CO)O3)C2O)C(O)C1O)C(O)CCCCCCCCCCCCCCCCCCCCCCC. The summed E-state index contributed by atoms with van der Waals surface area (Å²) in [4.78, 5) is 38.7. The van der Waals surface area contributed by atoms with Gasteiger partial charge in [0.05, 0.1) is 50.7 Å². The van der Waals surface area contributed by atoms with Gasteiger partial charge in [-0.25, -0.2) is 4.79 Å². The number of aliphatic hydroxyl groups excluding tert-OH is 11. The van der Waals surface area contributed by atoms with Gasteiger partial charge in [0.25, 0.3) is 5.79 Å². The van der Waals surface area contributed by atoms with Crippen LogP contribution in [0.15, 0.2) is 0 Å². The van der Waals surface area contributed by atoms with E-state index in [1.807, 2.05) is 0 Å². The Morgan fingerprint density at radius 3 is 1.30 bits per heavy atom. The Balaban J connectivity index is 1.55. The average Bonchev–Trinajstić information content (AvgIpc) is 0.784. The molecule has 0 saturated carbocycles. The fourth-order valence-corrected chi connectivity index (χ4v) is 13.7. The van der Waals surface area contributed by atoms with Crippen LogP contribution in [0, 0.1) is 0 Å². The van der Waals surface area contributed by atoms with E-state index in [1.54, 1.807) is 0 Å². The number of rotatable bonds is 60. The Labute approximate surface area is 576 Å². The number of aliphatic carboxylic acids is 1. The zero-order valence-corrected chi connectivity index (χ0v) is 59.5. The summed E-state index contributed by atoms with van der Waals surface area (Å²) in [6, 6.07) is -2.52. The van der Waals surface area contributed by atoms with Gasteiger partial charge in [-0.2, -0.15) is 0 Å². The number of nitrogens with one attached hydrogen (secondary N) is 2. The van der Waals surface area contributed by atoms with Crippen molar-refractivity contribution in [2.24, 2.45) is 0 Å². The van der Waals surface area contributed by atoms with Gasteiger partial charge in [0, 0.05) is 19.8 Å². The first-order chi connectivity index (χ1) is 46.4. The lowest BCUT2D eigenvalue weighted by Gasteiger charge is -2.50. The van der Waals surface area contributed by atoms with Crippen LogP contribution >= 0.6 is 0 Å². The molecule has 0 radical (unpaired) electrons. The van der Waals surface area contributed by atoms with Crippen LogP contribution in [-0.2, 0) is 42.8 Å². The van der Waals surface area contributed by atoms with Gasteiger partial charge in [0.2, 0.25) is 11.8 Å². The molecule has 3 aliphatic rings. The van der Waals surface area contributed by atoms with Gasteiger partial charge in [-0.05, 0) is 12.8 Å². The summed E-state index contributed by atoms with van der Waals surface area (Å²) >= 11 is 0. The highest BCUT2D eigenvalue weighted by Gasteiger charge is 2.60. The molecule has 96 heavy (non-hydrogen) atoms. The van der Waals surface area contributed by atoms with Crippen LogP contribution in [0.2, 0.25) is 0 Å². The van der Waals surface area contributed by atoms with Crippen LogP contribution in [0.25, 0.3) is 0 Å². The van der Waals surface area contributed by atoms with E-state index in [4.69, 9.17) is 28.4 Å². The van der Waals surface area contributed by atoms with Crippen LogP contribution < -0.4 is 10.6 Å². The first-order valence-corrected chi connectivity index (χ1v) is 38.4. The van der Waals surface area contributed by atoms with Crippen molar-refractivity contribution in [3.63, 3.8) is 0 Å². The summed E-state index contributed by atoms with van der Waals surface area (Å²) in [5, 5.41) is 136. The molecule has 23 nitrogen and oxygen atoms in total. The van der Waals surface area contributed by atoms with Crippen molar-refractivity contribution >= 4 is 17.8 Å². The van der Waals surface area contributed by atoms with Gasteiger partial charge < -0.3 is 100 Å². The van der Waals surface area contributed by atoms with E-state index in [1.165, 1.54) is 212 Å². The van der Waals surface area contributed by atoms with Crippen LogP contribution in [0.5, 0.6) is 0 Å². The number of unbranched alkanes of at least 4 members (excludes halogenated alkanes) is 40. The summed E-state index contributed by atoms with van der Waals surface area (Å²) in [5.74, 6) is -6.09. The van der Waals surface area contributed by atoms with E-state index in [0.29, 0.717) is 19.3 Å². The lowest BCUT2D eigenvalue weighted by molar-refractivity contribution is -0.386. The van der Waals surface area contributed by atoms with E-state index in [9.17, 15) is 75.7 Å². The summed E-state index contributed by atoms with van der Waals surface area (Å²) in [7, 11) is 0. The fraction of sp³-hybridized carbons (Fsp3) is 0.959. The summed E-state index contributed by atoms with van der Waals surface area (Å²) in [5.41, 5.74) is 0. The number of ether oxygens (including phenoxy) is 6. The quantitative estimate of drug-likeness (QED) is 0.0253. The molecule has 0 aliphatic carbocycles. The normalized spacial score (nSPS) is 27.5. The number of hydrogen-bond donors (Lipinski definition) is 14. The molecule has 0 bridgehead atoms. The first-order valence-electron chi connectivity index (χ1n) is 38.4. The molecule has 23 heteroatoms. The van der Waals surface area contributed by atoms with Gasteiger partial charge in [-0.1, -0.05) is 277 Å². The summed E-state index contributed by atoms with van der Waals surface area (Å²) in [6.07, 6.45) is 23.8. The zero-order valence-electron chi connectivity index (χ0n) is 59.5. The predicted molar refractivity (Wildman–Crippen MR) is 366 cm³/mol. The van der Waals surface area contributed by atoms with E-state index in [0.717, 1.165) is 51.9 Å². The van der Waals surface area contributed by atoms with E-state index >= 15 is 0 Å². The molecular weight excluding hydrogens is 1240 g/mol. The van der Waals surface area contributed by atoms with E-state index < -0.39 is 148 Å². The second-order valence-corrected chi connectivity index (χ2v) is 28.2. The second-order valence-electron chi connectivity index (χ2n) is 28.2. The van der Waals surface area contributed by atoms with Crippen molar-refractivity contribution < 1.29 is 104 Å². The van der Waals surface area contributed by atoms with Crippen molar-refractivity contribution in [1.29, 1.82) is 0 Å². The van der Waals surface area contributed by atoms with E-state index in [-0.39, 0.29) is 18.9 Å². The molecule has 0 aromatic rings. The highest BCUT2D eigenvalue weighted by molar-refractivity contribution is 5.77. The molecule has 566 valence electrons. The lowest BCUT2D eigenvalue weighted by atomic mass is 9.88. The zero-order chi connectivity index (χ0) is 70.4. The molecule has 3 fully saturated rings. The van der Waals surface area contributed by atoms with Gasteiger partial charge in [-0.15, -0.1) is 0 Å². The number of carbonyl (C=O) groups excluding carboxylic acids is 2. The minimum Gasteiger partial charge on any atom is -0.477 e. The number of amides is 2. The van der Waals surface area contributed by atoms with Crippen molar-refractivity contribution in [2.75, 3.05) is 26.4 Å². The molecule has 18 unspecified atom stereocenters. The van der Waals surface area contributed by atoms with Crippen LogP contribution in [0.1, 0.15) is 310 Å². The number of carboxylic acid groups (broad SMARTS) is 1. The molecule has 3 aliphatic heterocycles. The Morgan fingerprint density at radius 2 is 0.906 bits per heavy atom. The topological polar surface area (TPSA) is 373 Å². The van der Waals surface area contributed by atoms with Gasteiger partial charge >= 0.3 is 5.97 Å². The van der Waals surface area contributed by atoms with Crippen LogP contribution in [0.3, 0.4) is 0 Å². The minimum absolute atomic E-state index is 0.230. The van der Waals surface area contributed by atoms with Crippen molar-refractivity contribution in [3.05, 3.63) is 0 Å². The minimum atomic E-state index is -3.08. The van der Waals surface area contributed by atoms with Gasteiger partial charge in [0.1, 0.15) is 67.1 Å². The fourth-order valence-electron chi connectivity index (χ4n) is 13.7. The molecule has 14 N–H and O–H groups in total. The predicted octanol–water partition coefficient (Wildman–Crippen LogP) is 8.85. The molecule has 3 rings (SSSR count). The third-order valence-electron chi connectivity index (χ3n) is 19.8. The Bertz CT molecular complexity index is 1930. The van der Waals surface area contributed by atoms with Crippen molar-refractivity contribution in [2.45, 2.75) is 420 Å². The Kier molecular flexibility index (Phi) is 49.0. The lowest BCUT2D eigenvalue weighted by Crippen LogP contribution is -2.70. The molecule has 0 aromatic carbocycles. The standard InChI is InChI=1S/C73H138N2O21/c1-4-6-8-10-12-14-16-18-20-22-24-26-28-30-32-34-36-38-40-42-44-46-55(80)54(75-60(83)47-45-43-41-39-37-35-33-31-29-27-25-23-21-19-17-15-13-11-9-7-5-2)52-91-70-65(87)64(86)67(59(51-78)93-70)94-71-66(88)69(63(85)58(50-77)92-71)96-73(72(89)90)48-56(81)61(74-53(3)79)68(95-73)62(84)57(82)49-76/h54-59,61-71,76-78,80-82,84-88H,4-52H2,1-3H3,(H,74,79)(H,75,83)(H,89,90). The van der Waals surface area contributed by atoms with Gasteiger partial charge in [-0.3, -0.25) is 9.59 Å². The number of aliphatic hydroxyl groups is 11. The largest absolute Gasteiger partial charge is 0.477 e. The maximum Gasteiger partial charge on any atom is 0.364 e. The van der Waals surface area contributed by atoms with Gasteiger partial charge in [0.15, 0.2) is 12.6 Å². The van der Waals surface area contributed by atoms with Crippen LogP contribution in [0.4, 0.5) is 0 Å². The molecule has 2 amide bonds.